The van der Waals surface area contributed by atoms with Gasteiger partial charge in [-0.3, -0.25) is 4.79 Å². The van der Waals surface area contributed by atoms with Crippen molar-refractivity contribution in [3.05, 3.63) is 0 Å². The molecule has 2 bridgehead atoms. The van der Waals surface area contributed by atoms with Crippen molar-refractivity contribution in [3.63, 3.8) is 0 Å². The molecule has 0 aromatic heterocycles. The quantitative estimate of drug-likeness (QED) is 0.585. The van der Waals surface area contributed by atoms with Gasteiger partial charge in [0.05, 0.1) is 19.1 Å². The summed E-state index contributed by atoms with van der Waals surface area (Å²) in [5.41, 5.74) is 0. The lowest BCUT2D eigenvalue weighted by atomic mass is 9.87. The molecular weight excluding hydrogens is 156 g/mol. The summed E-state index contributed by atoms with van der Waals surface area (Å²) in [5.74, 6) is 0.585. The Hall–Kier alpha value is -0.570. The van der Waals surface area contributed by atoms with E-state index in [4.69, 9.17) is 0 Å². The zero-order valence-corrected chi connectivity index (χ0v) is 7.19. The highest BCUT2D eigenvalue weighted by Crippen LogP contribution is 2.48. The molecule has 12 heavy (non-hydrogen) atoms. The third-order valence-corrected chi connectivity index (χ3v) is 3.28. The maximum absolute atomic E-state index is 11.2. The van der Waals surface area contributed by atoms with Crippen molar-refractivity contribution in [2.24, 2.45) is 17.8 Å². The van der Waals surface area contributed by atoms with Gasteiger partial charge in [0.2, 0.25) is 0 Å². The molecule has 0 aromatic carbocycles. The summed E-state index contributed by atoms with van der Waals surface area (Å²) in [6.45, 7) is 0. The van der Waals surface area contributed by atoms with E-state index < -0.39 is 0 Å². The number of methoxy groups -OCH3 is 1. The lowest BCUT2D eigenvalue weighted by Crippen LogP contribution is -2.30. The van der Waals surface area contributed by atoms with E-state index in [0.29, 0.717) is 5.92 Å². The molecule has 2 aliphatic carbocycles. The molecule has 2 rings (SSSR count). The lowest BCUT2D eigenvalue weighted by molar-refractivity contribution is -0.149. The molecule has 0 spiro atoms. The monoisotopic (exact) mass is 170 g/mol. The number of rotatable bonds is 1. The van der Waals surface area contributed by atoms with Crippen LogP contribution in [0.3, 0.4) is 0 Å². The van der Waals surface area contributed by atoms with Crippen LogP contribution in [-0.2, 0) is 9.53 Å². The van der Waals surface area contributed by atoms with Gasteiger partial charge in [-0.05, 0) is 31.1 Å². The standard InChI is InChI=1S/C9H14O3/c1-12-9(11)7-3-5-2-6(7)8(10)4-5/h5-8,10H,2-4H2,1H3/t5-,6-,7+,8+/m0/s1. The molecule has 0 aromatic rings. The normalized spacial score (nSPS) is 44.8. The summed E-state index contributed by atoms with van der Waals surface area (Å²) >= 11 is 0. The van der Waals surface area contributed by atoms with E-state index in [9.17, 15) is 9.90 Å². The second-order valence-corrected chi connectivity index (χ2v) is 3.93. The summed E-state index contributed by atoms with van der Waals surface area (Å²) in [6, 6.07) is 0. The molecule has 0 unspecified atom stereocenters. The molecule has 4 atom stereocenters. The Morgan fingerprint density at radius 3 is 2.67 bits per heavy atom. The summed E-state index contributed by atoms with van der Waals surface area (Å²) in [7, 11) is 1.42. The number of hydrogen-bond donors (Lipinski definition) is 1. The lowest BCUT2D eigenvalue weighted by Gasteiger charge is -2.23. The van der Waals surface area contributed by atoms with Crippen LogP contribution in [0.25, 0.3) is 0 Å². The average Bonchev–Trinajstić information content (AvgIpc) is 2.60. The Balaban J connectivity index is 2.07. The zero-order chi connectivity index (χ0) is 8.72. The van der Waals surface area contributed by atoms with Gasteiger partial charge in [-0.15, -0.1) is 0 Å². The molecule has 0 aliphatic heterocycles. The summed E-state index contributed by atoms with van der Waals surface area (Å²) in [5, 5.41) is 9.53. The fourth-order valence-electron chi connectivity index (χ4n) is 2.74. The SMILES string of the molecule is COC(=O)[C@@H]1C[C@@H]2C[C@@H]1[C@H](O)C2. The Morgan fingerprint density at radius 2 is 2.17 bits per heavy atom. The van der Waals surface area contributed by atoms with Gasteiger partial charge >= 0.3 is 5.97 Å². The molecule has 3 heteroatoms. The van der Waals surface area contributed by atoms with Crippen LogP contribution in [0.4, 0.5) is 0 Å². The van der Waals surface area contributed by atoms with E-state index in [2.05, 4.69) is 4.74 Å². The zero-order valence-electron chi connectivity index (χ0n) is 7.19. The van der Waals surface area contributed by atoms with Crippen molar-refractivity contribution < 1.29 is 14.6 Å². The fraction of sp³-hybridized carbons (Fsp3) is 0.889. The predicted octanol–water partition coefficient (Wildman–Crippen LogP) is 0.566. The highest BCUT2D eigenvalue weighted by molar-refractivity contribution is 5.73. The van der Waals surface area contributed by atoms with Crippen LogP contribution in [0.15, 0.2) is 0 Å². The molecule has 0 amide bonds. The number of fused-ring (bicyclic) bond motifs is 2. The first-order valence-electron chi connectivity index (χ1n) is 4.48. The molecule has 3 nitrogen and oxygen atoms in total. The molecule has 2 fully saturated rings. The second kappa shape index (κ2) is 2.73. The van der Waals surface area contributed by atoms with Crippen molar-refractivity contribution in [2.45, 2.75) is 25.4 Å². The van der Waals surface area contributed by atoms with Gasteiger partial charge in [0, 0.05) is 0 Å². The third-order valence-electron chi connectivity index (χ3n) is 3.28. The van der Waals surface area contributed by atoms with E-state index >= 15 is 0 Å². The van der Waals surface area contributed by atoms with Gasteiger partial charge in [-0.2, -0.15) is 0 Å². The maximum Gasteiger partial charge on any atom is 0.309 e. The van der Waals surface area contributed by atoms with Crippen LogP contribution in [0.1, 0.15) is 19.3 Å². The number of aliphatic hydroxyl groups excluding tert-OH is 1. The minimum Gasteiger partial charge on any atom is -0.469 e. The number of carbonyl (C=O) groups is 1. The minimum absolute atomic E-state index is 0.0243. The van der Waals surface area contributed by atoms with Crippen LogP contribution >= 0.6 is 0 Å². The Kier molecular flexibility index (Phi) is 1.83. The van der Waals surface area contributed by atoms with Gasteiger partial charge < -0.3 is 9.84 Å². The number of aliphatic hydroxyl groups is 1. The van der Waals surface area contributed by atoms with E-state index in [-0.39, 0.29) is 23.9 Å². The average molecular weight is 170 g/mol. The highest BCUT2D eigenvalue weighted by Gasteiger charge is 2.48. The van der Waals surface area contributed by atoms with E-state index in [0.717, 1.165) is 19.3 Å². The number of carbonyl (C=O) groups excluding carboxylic acids is 1. The summed E-state index contributed by atoms with van der Waals surface area (Å²) in [4.78, 5) is 11.2. The van der Waals surface area contributed by atoms with E-state index in [1.54, 1.807) is 0 Å². The van der Waals surface area contributed by atoms with E-state index in [1.165, 1.54) is 7.11 Å². The van der Waals surface area contributed by atoms with Gasteiger partial charge in [-0.1, -0.05) is 0 Å². The van der Waals surface area contributed by atoms with Gasteiger partial charge in [0.15, 0.2) is 0 Å². The molecule has 68 valence electrons. The third kappa shape index (κ3) is 1.04. The number of hydrogen-bond acceptors (Lipinski definition) is 3. The molecule has 2 aliphatic rings. The Labute approximate surface area is 71.7 Å². The minimum atomic E-state index is -0.257. The first kappa shape index (κ1) is 8.05. The molecule has 0 radical (unpaired) electrons. The molecule has 0 saturated heterocycles. The predicted molar refractivity (Wildman–Crippen MR) is 42.3 cm³/mol. The topological polar surface area (TPSA) is 46.5 Å². The molecule has 0 heterocycles. The van der Waals surface area contributed by atoms with Gasteiger partial charge in [-0.25, -0.2) is 0 Å². The van der Waals surface area contributed by atoms with Crippen molar-refractivity contribution >= 4 is 5.97 Å². The first-order chi connectivity index (χ1) is 5.72. The Morgan fingerprint density at radius 1 is 1.42 bits per heavy atom. The Bertz CT molecular complexity index is 202. The van der Waals surface area contributed by atoms with Crippen LogP contribution in [-0.4, -0.2) is 24.3 Å². The molecule has 1 N–H and O–H groups in total. The van der Waals surface area contributed by atoms with Crippen LogP contribution in [0, 0.1) is 17.8 Å². The fourth-order valence-corrected chi connectivity index (χ4v) is 2.74. The highest BCUT2D eigenvalue weighted by atomic mass is 16.5. The van der Waals surface area contributed by atoms with Crippen LogP contribution in [0.2, 0.25) is 0 Å². The van der Waals surface area contributed by atoms with Crippen LogP contribution in [0.5, 0.6) is 0 Å². The van der Waals surface area contributed by atoms with Crippen molar-refractivity contribution in [1.82, 2.24) is 0 Å². The van der Waals surface area contributed by atoms with E-state index in [1.807, 2.05) is 0 Å². The van der Waals surface area contributed by atoms with Crippen molar-refractivity contribution in [2.75, 3.05) is 7.11 Å². The summed E-state index contributed by atoms with van der Waals surface area (Å²) < 4.78 is 4.69. The van der Waals surface area contributed by atoms with Crippen molar-refractivity contribution in [3.8, 4) is 0 Å². The second-order valence-electron chi connectivity index (χ2n) is 3.93. The van der Waals surface area contributed by atoms with Crippen molar-refractivity contribution in [1.29, 1.82) is 0 Å². The first-order valence-corrected chi connectivity index (χ1v) is 4.48. The van der Waals surface area contributed by atoms with Crippen LogP contribution < -0.4 is 0 Å². The molecule has 2 saturated carbocycles. The summed E-state index contributed by atoms with van der Waals surface area (Å²) in [6.07, 6.45) is 2.57. The maximum atomic E-state index is 11.2. The number of esters is 1. The smallest absolute Gasteiger partial charge is 0.309 e. The van der Waals surface area contributed by atoms with Gasteiger partial charge in [0.1, 0.15) is 0 Å². The number of ether oxygens (including phenoxy) is 1. The van der Waals surface area contributed by atoms with Gasteiger partial charge in [0.25, 0.3) is 0 Å². The molecular formula is C9H14O3. The largest absolute Gasteiger partial charge is 0.469 e.